The smallest absolute Gasteiger partial charge is 0.193 e. The second kappa shape index (κ2) is 8.06. The Balaban J connectivity index is 2.00. The van der Waals surface area contributed by atoms with Crippen molar-refractivity contribution >= 4 is 34.8 Å². The maximum Gasteiger partial charge on any atom is 0.193 e. The van der Waals surface area contributed by atoms with Crippen LogP contribution in [0.4, 0.5) is 5.69 Å². The lowest BCUT2D eigenvalue weighted by atomic mass is 10.1. The number of aliphatic hydroxyl groups is 1. The number of aliphatic imine (C=N–C) groups is 1. The molecule has 2 aromatic rings. The van der Waals surface area contributed by atoms with E-state index in [9.17, 15) is 5.11 Å². The van der Waals surface area contributed by atoms with Gasteiger partial charge in [0.15, 0.2) is 5.96 Å². The first kappa shape index (κ1) is 17.4. The van der Waals surface area contributed by atoms with Gasteiger partial charge in [-0.25, -0.2) is 0 Å². The number of benzene rings is 2. The summed E-state index contributed by atoms with van der Waals surface area (Å²) in [5.74, 6) is 0.735. The van der Waals surface area contributed by atoms with Gasteiger partial charge in [0, 0.05) is 16.3 Å². The van der Waals surface area contributed by atoms with Crippen LogP contribution in [-0.4, -0.2) is 24.7 Å². The number of methoxy groups -OCH3 is 1. The molecule has 0 radical (unpaired) electrons. The minimum atomic E-state index is -0.830. The van der Waals surface area contributed by atoms with E-state index in [-0.39, 0.29) is 12.5 Å². The number of anilines is 1. The molecule has 0 aromatic heterocycles. The molecule has 0 heterocycles. The highest BCUT2D eigenvalue weighted by atomic mass is 35.5. The molecule has 0 saturated heterocycles. The fourth-order valence-electron chi connectivity index (χ4n) is 1.96. The number of nitrogens with one attached hydrogen (secondary N) is 1. The van der Waals surface area contributed by atoms with E-state index in [2.05, 4.69) is 10.3 Å². The van der Waals surface area contributed by atoms with E-state index in [4.69, 9.17) is 33.7 Å². The number of nitrogens with two attached hydrogens (primary N) is 1. The largest absolute Gasteiger partial charge is 0.495 e. The molecule has 5 nitrogen and oxygen atoms in total. The van der Waals surface area contributed by atoms with Crippen molar-refractivity contribution in [2.24, 2.45) is 10.7 Å². The molecule has 0 aliphatic heterocycles. The van der Waals surface area contributed by atoms with Gasteiger partial charge in [0.2, 0.25) is 0 Å². The number of guanidine groups is 1. The van der Waals surface area contributed by atoms with Crippen molar-refractivity contribution in [1.29, 1.82) is 0 Å². The van der Waals surface area contributed by atoms with Crippen molar-refractivity contribution < 1.29 is 9.84 Å². The van der Waals surface area contributed by atoms with E-state index in [1.165, 1.54) is 0 Å². The maximum absolute atomic E-state index is 10.1. The minimum Gasteiger partial charge on any atom is -0.495 e. The second-order valence-electron chi connectivity index (χ2n) is 4.74. The van der Waals surface area contributed by atoms with Gasteiger partial charge in [0.05, 0.1) is 18.7 Å². The lowest BCUT2D eigenvalue weighted by Gasteiger charge is -2.12. The molecule has 2 rings (SSSR count). The van der Waals surface area contributed by atoms with Crippen molar-refractivity contribution in [3.63, 3.8) is 0 Å². The summed E-state index contributed by atoms with van der Waals surface area (Å²) in [4.78, 5) is 4.11. The van der Waals surface area contributed by atoms with Crippen LogP contribution in [0.25, 0.3) is 0 Å². The third-order valence-corrected chi connectivity index (χ3v) is 3.76. The third kappa shape index (κ3) is 4.76. The fourth-order valence-corrected chi connectivity index (χ4v) is 2.48. The average molecular weight is 354 g/mol. The van der Waals surface area contributed by atoms with Crippen molar-refractivity contribution in [2.75, 3.05) is 19.0 Å². The molecule has 0 aliphatic carbocycles. The van der Waals surface area contributed by atoms with E-state index in [1.807, 2.05) is 0 Å². The van der Waals surface area contributed by atoms with Crippen LogP contribution in [0, 0.1) is 0 Å². The zero-order valence-electron chi connectivity index (χ0n) is 12.5. The average Bonchev–Trinajstić information content (AvgIpc) is 2.53. The molecule has 122 valence electrons. The summed E-state index contributed by atoms with van der Waals surface area (Å²) in [6.07, 6.45) is -0.830. The first-order valence-electron chi connectivity index (χ1n) is 6.84. The topological polar surface area (TPSA) is 79.9 Å². The highest BCUT2D eigenvalue weighted by Gasteiger charge is 2.10. The summed E-state index contributed by atoms with van der Waals surface area (Å²) in [6.45, 7) is 0.0897. The van der Waals surface area contributed by atoms with Crippen molar-refractivity contribution in [1.82, 2.24) is 0 Å². The Labute approximate surface area is 144 Å². The Morgan fingerprint density at radius 2 is 2.00 bits per heavy atom. The lowest BCUT2D eigenvalue weighted by Crippen LogP contribution is -2.23. The number of aliphatic hydroxyl groups excluding tert-OH is 1. The van der Waals surface area contributed by atoms with Crippen LogP contribution in [-0.2, 0) is 0 Å². The molecule has 0 saturated carbocycles. The van der Waals surface area contributed by atoms with Gasteiger partial charge in [-0.15, -0.1) is 0 Å². The summed E-state index contributed by atoms with van der Waals surface area (Å²) in [7, 11) is 1.54. The standard InChI is InChI=1S/C16H17Cl2N3O2/c1-23-15-7-6-10(8-13(15)18)21-16(19)20-9-14(22)11-4-2-3-5-12(11)17/h2-8,14,22H,9H2,1H3,(H3,19,20,21). The van der Waals surface area contributed by atoms with Gasteiger partial charge in [-0.05, 0) is 24.3 Å². The Kier molecular flexibility index (Phi) is 6.10. The number of halogens is 2. The Bertz CT molecular complexity index is 707. The zero-order chi connectivity index (χ0) is 16.8. The van der Waals surface area contributed by atoms with Gasteiger partial charge in [-0.2, -0.15) is 0 Å². The summed E-state index contributed by atoms with van der Waals surface area (Å²) in [5.41, 5.74) is 7.09. The minimum absolute atomic E-state index is 0.0897. The maximum atomic E-state index is 10.1. The van der Waals surface area contributed by atoms with Gasteiger partial charge in [-0.3, -0.25) is 4.99 Å². The molecule has 0 spiro atoms. The van der Waals surface area contributed by atoms with Crippen LogP contribution >= 0.6 is 23.2 Å². The van der Waals surface area contributed by atoms with Gasteiger partial charge in [0.25, 0.3) is 0 Å². The Hall–Kier alpha value is -1.95. The summed E-state index contributed by atoms with van der Waals surface area (Å²) < 4.78 is 5.08. The quantitative estimate of drug-likeness (QED) is 0.567. The van der Waals surface area contributed by atoms with Crippen LogP contribution in [0.3, 0.4) is 0 Å². The fraction of sp³-hybridized carbons (Fsp3) is 0.188. The zero-order valence-corrected chi connectivity index (χ0v) is 14.0. The number of rotatable bonds is 5. The molecule has 2 aromatic carbocycles. The van der Waals surface area contributed by atoms with Crippen molar-refractivity contribution in [3.05, 3.63) is 58.1 Å². The predicted octanol–water partition coefficient (Wildman–Crippen LogP) is 3.46. The molecule has 0 aliphatic rings. The van der Waals surface area contributed by atoms with E-state index < -0.39 is 6.10 Å². The summed E-state index contributed by atoms with van der Waals surface area (Å²) in [5, 5.41) is 14.0. The molecule has 4 N–H and O–H groups in total. The Morgan fingerprint density at radius 3 is 2.65 bits per heavy atom. The lowest BCUT2D eigenvalue weighted by molar-refractivity contribution is 0.187. The SMILES string of the molecule is COc1ccc(NC(N)=NCC(O)c2ccccc2Cl)cc1Cl. The normalized spacial score (nSPS) is 12.8. The molecule has 7 heteroatoms. The van der Waals surface area contributed by atoms with Crippen LogP contribution in [0.1, 0.15) is 11.7 Å². The van der Waals surface area contributed by atoms with Gasteiger partial charge in [0.1, 0.15) is 11.9 Å². The van der Waals surface area contributed by atoms with Crippen LogP contribution in [0.2, 0.25) is 10.0 Å². The van der Waals surface area contributed by atoms with Crippen molar-refractivity contribution in [3.8, 4) is 5.75 Å². The predicted molar refractivity (Wildman–Crippen MR) is 94.5 cm³/mol. The van der Waals surface area contributed by atoms with Crippen molar-refractivity contribution in [2.45, 2.75) is 6.10 Å². The molecule has 0 amide bonds. The van der Waals surface area contributed by atoms with Crippen LogP contribution in [0.15, 0.2) is 47.5 Å². The number of ether oxygens (including phenoxy) is 1. The highest BCUT2D eigenvalue weighted by Crippen LogP contribution is 2.27. The molecule has 1 unspecified atom stereocenters. The molecular formula is C16H17Cl2N3O2. The van der Waals surface area contributed by atoms with E-state index in [0.717, 1.165) is 0 Å². The Morgan fingerprint density at radius 1 is 1.26 bits per heavy atom. The van der Waals surface area contributed by atoms with Crippen LogP contribution in [0.5, 0.6) is 5.75 Å². The first-order valence-corrected chi connectivity index (χ1v) is 7.60. The molecule has 1 atom stereocenters. The van der Waals surface area contributed by atoms with Crippen LogP contribution < -0.4 is 15.8 Å². The monoisotopic (exact) mass is 353 g/mol. The van der Waals surface area contributed by atoms with E-state index >= 15 is 0 Å². The van der Waals surface area contributed by atoms with Gasteiger partial charge >= 0.3 is 0 Å². The van der Waals surface area contributed by atoms with E-state index in [0.29, 0.717) is 27.0 Å². The second-order valence-corrected chi connectivity index (χ2v) is 5.55. The van der Waals surface area contributed by atoms with Gasteiger partial charge < -0.3 is 20.9 Å². The first-order chi connectivity index (χ1) is 11.0. The van der Waals surface area contributed by atoms with E-state index in [1.54, 1.807) is 49.6 Å². The number of hydrogen-bond acceptors (Lipinski definition) is 3. The third-order valence-electron chi connectivity index (χ3n) is 3.12. The highest BCUT2D eigenvalue weighted by molar-refractivity contribution is 6.32. The molecule has 23 heavy (non-hydrogen) atoms. The number of nitrogens with zero attached hydrogens (tertiary/aromatic N) is 1. The molecular weight excluding hydrogens is 337 g/mol. The molecule has 0 bridgehead atoms. The summed E-state index contributed by atoms with van der Waals surface area (Å²) >= 11 is 12.1. The van der Waals surface area contributed by atoms with Gasteiger partial charge in [-0.1, -0.05) is 41.4 Å². The summed E-state index contributed by atoms with van der Waals surface area (Å²) in [6, 6.07) is 12.2. The number of hydrogen-bond donors (Lipinski definition) is 3. The molecule has 0 fully saturated rings.